The van der Waals surface area contributed by atoms with Crippen molar-refractivity contribution in [1.29, 1.82) is 0 Å². The van der Waals surface area contributed by atoms with E-state index in [0.29, 0.717) is 30.1 Å². The third-order valence-corrected chi connectivity index (χ3v) is 7.70. The molecule has 1 saturated heterocycles. The van der Waals surface area contributed by atoms with Gasteiger partial charge in [0.05, 0.1) is 17.9 Å². The Morgan fingerprint density at radius 2 is 2.03 bits per heavy atom. The van der Waals surface area contributed by atoms with Crippen LogP contribution < -0.4 is 10.1 Å². The van der Waals surface area contributed by atoms with Crippen molar-refractivity contribution in [2.75, 3.05) is 39.6 Å². The van der Waals surface area contributed by atoms with Crippen LogP contribution in [0.25, 0.3) is 0 Å². The number of methoxy groups -OCH3 is 1. The fraction of sp³-hybridized carbons (Fsp3) is 0.400. The molecule has 0 spiro atoms. The van der Waals surface area contributed by atoms with Gasteiger partial charge in [-0.1, -0.05) is 6.07 Å². The number of anilines is 1. The molecule has 162 valence electrons. The molecule has 0 saturated carbocycles. The summed E-state index contributed by atoms with van der Waals surface area (Å²) in [6, 6.07) is 8.11. The fourth-order valence-corrected chi connectivity index (χ4v) is 5.09. The van der Waals surface area contributed by atoms with Crippen molar-refractivity contribution in [3.8, 4) is 5.75 Å². The van der Waals surface area contributed by atoms with Gasteiger partial charge in [-0.15, -0.1) is 11.3 Å². The molecule has 1 aromatic carbocycles. The Morgan fingerprint density at radius 3 is 2.67 bits per heavy atom. The lowest BCUT2D eigenvalue weighted by molar-refractivity contribution is -0.121. The Labute approximate surface area is 180 Å². The number of hydrogen-bond donors (Lipinski definition) is 1. The molecule has 2 aromatic rings. The number of ether oxygens (including phenoxy) is 1. The van der Waals surface area contributed by atoms with E-state index in [1.54, 1.807) is 17.0 Å². The molecule has 0 aliphatic carbocycles. The summed E-state index contributed by atoms with van der Waals surface area (Å²) in [7, 11) is 0.513. The number of rotatable bonds is 6. The van der Waals surface area contributed by atoms with Crippen LogP contribution >= 0.6 is 11.3 Å². The van der Waals surface area contributed by atoms with E-state index in [1.807, 2.05) is 11.4 Å². The van der Waals surface area contributed by atoms with Crippen LogP contribution in [0.1, 0.15) is 22.5 Å². The zero-order valence-electron chi connectivity index (χ0n) is 17.1. The van der Waals surface area contributed by atoms with Gasteiger partial charge in [0.25, 0.3) is 5.91 Å². The highest BCUT2D eigenvalue weighted by atomic mass is 32.2. The second kappa shape index (κ2) is 9.15. The van der Waals surface area contributed by atoms with Crippen LogP contribution in [0.4, 0.5) is 5.69 Å². The minimum Gasteiger partial charge on any atom is -0.495 e. The predicted octanol–water partition coefficient (Wildman–Crippen LogP) is 2.50. The minimum absolute atomic E-state index is 0.0223. The van der Waals surface area contributed by atoms with Gasteiger partial charge in [-0.05, 0) is 42.5 Å². The lowest BCUT2D eigenvalue weighted by Gasteiger charge is -2.31. The van der Waals surface area contributed by atoms with Crippen molar-refractivity contribution in [3.63, 3.8) is 0 Å². The molecular formula is C20H25N3O5S2. The number of nitrogens with zero attached hydrogens (tertiary/aromatic N) is 2. The maximum atomic E-state index is 12.8. The number of sulfonamides is 1. The number of hydrogen-bond acceptors (Lipinski definition) is 6. The van der Waals surface area contributed by atoms with Crippen molar-refractivity contribution in [1.82, 2.24) is 9.21 Å². The molecule has 1 atom stereocenters. The van der Waals surface area contributed by atoms with Gasteiger partial charge >= 0.3 is 0 Å². The highest BCUT2D eigenvalue weighted by Gasteiger charge is 2.30. The number of piperidine rings is 1. The quantitative estimate of drug-likeness (QED) is 0.728. The van der Waals surface area contributed by atoms with E-state index in [-0.39, 0.29) is 28.4 Å². The van der Waals surface area contributed by atoms with Gasteiger partial charge in [-0.25, -0.2) is 12.7 Å². The third-order valence-electron chi connectivity index (χ3n) is 5.00. The summed E-state index contributed by atoms with van der Waals surface area (Å²) in [5.41, 5.74) is 0.364. The molecule has 0 bridgehead atoms. The summed E-state index contributed by atoms with van der Waals surface area (Å²) < 4.78 is 31.4. The Kier molecular flexibility index (Phi) is 6.79. The van der Waals surface area contributed by atoms with Crippen LogP contribution in [0.3, 0.4) is 0 Å². The summed E-state index contributed by atoms with van der Waals surface area (Å²) in [5, 5.41) is 4.65. The number of carbonyl (C=O) groups is 2. The third kappa shape index (κ3) is 4.66. The molecular weight excluding hydrogens is 426 g/mol. The number of benzene rings is 1. The lowest BCUT2D eigenvalue weighted by atomic mass is 9.97. The molecule has 1 aliphatic rings. The smallest absolute Gasteiger partial charge is 0.263 e. The van der Waals surface area contributed by atoms with Gasteiger partial charge in [-0.3, -0.25) is 9.59 Å². The molecule has 2 heterocycles. The van der Waals surface area contributed by atoms with Crippen molar-refractivity contribution >= 4 is 38.9 Å². The summed E-state index contributed by atoms with van der Waals surface area (Å²) in [4.78, 5) is 27.8. The van der Waals surface area contributed by atoms with Gasteiger partial charge in [0, 0.05) is 32.9 Å². The van der Waals surface area contributed by atoms with Crippen LogP contribution in [-0.4, -0.2) is 63.7 Å². The normalized spacial score (nSPS) is 17.1. The molecule has 1 aromatic heterocycles. The highest BCUT2D eigenvalue weighted by molar-refractivity contribution is 7.89. The Hall–Kier alpha value is -2.43. The second-order valence-corrected chi connectivity index (χ2v) is 10.3. The second-order valence-electron chi connectivity index (χ2n) is 7.21. The minimum atomic E-state index is -3.74. The van der Waals surface area contributed by atoms with E-state index in [2.05, 4.69) is 5.32 Å². The van der Waals surface area contributed by atoms with E-state index in [4.69, 9.17) is 4.74 Å². The molecule has 1 aliphatic heterocycles. The Morgan fingerprint density at radius 1 is 1.27 bits per heavy atom. The van der Waals surface area contributed by atoms with E-state index >= 15 is 0 Å². The van der Waals surface area contributed by atoms with Gasteiger partial charge in [0.15, 0.2) is 0 Å². The number of amides is 2. The topological polar surface area (TPSA) is 96.0 Å². The molecule has 3 rings (SSSR count). The summed E-state index contributed by atoms with van der Waals surface area (Å²) in [5.74, 6) is -0.464. The van der Waals surface area contributed by atoms with Crippen LogP contribution in [0.2, 0.25) is 0 Å². The predicted molar refractivity (Wildman–Crippen MR) is 115 cm³/mol. The Balaban J connectivity index is 1.75. The number of nitrogens with one attached hydrogen (secondary N) is 1. The Bertz CT molecular complexity index is 1020. The SMILES string of the molecule is COc1ccc(NC(=O)[C@@H]2CCCN(C(=O)c3cccs3)C2)cc1S(=O)(=O)N(C)C. The number of thiophene rings is 1. The largest absolute Gasteiger partial charge is 0.495 e. The zero-order valence-corrected chi connectivity index (χ0v) is 18.8. The van der Waals surface area contributed by atoms with Crippen LogP contribution in [0, 0.1) is 5.92 Å². The maximum Gasteiger partial charge on any atom is 0.263 e. The fourth-order valence-electron chi connectivity index (χ4n) is 3.33. The van der Waals surface area contributed by atoms with Crippen molar-refractivity contribution in [2.45, 2.75) is 17.7 Å². The van der Waals surface area contributed by atoms with Crippen LogP contribution in [0.5, 0.6) is 5.75 Å². The lowest BCUT2D eigenvalue weighted by Crippen LogP contribution is -2.43. The van der Waals surface area contributed by atoms with Crippen molar-refractivity contribution in [3.05, 3.63) is 40.6 Å². The van der Waals surface area contributed by atoms with Gasteiger partial charge in [0.2, 0.25) is 15.9 Å². The average molecular weight is 452 g/mol. The zero-order chi connectivity index (χ0) is 21.9. The molecule has 0 unspecified atom stereocenters. The molecule has 10 heteroatoms. The first-order valence-corrected chi connectivity index (χ1v) is 11.8. The first kappa shape index (κ1) is 22.3. The van der Waals surface area contributed by atoms with Crippen molar-refractivity contribution in [2.24, 2.45) is 5.92 Å². The van der Waals surface area contributed by atoms with E-state index in [0.717, 1.165) is 10.7 Å². The summed E-state index contributed by atoms with van der Waals surface area (Å²) in [6.07, 6.45) is 1.40. The van der Waals surface area contributed by atoms with Gasteiger partial charge in [0.1, 0.15) is 10.6 Å². The summed E-state index contributed by atoms with van der Waals surface area (Å²) in [6.45, 7) is 0.954. The standard InChI is InChI=1S/C20H25N3O5S2/c1-22(2)30(26,27)18-12-15(8-9-16(18)28-3)21-19(24)14-6-4-10-23(13-14)20(25)17-7-5-11-29-17/h5,7-9,11-12,14H,4,6,10,13H2,1-3H3,(H,21,24)/t14-/m1/s1. The van der Waals surface area contributed by atoms with E-state index in [9.17, 15) is 18.0 Å². The monoisotopic (exact) mass is 451 g/mol. The van der Waals surface area contributed by atoms with Gasteiger partial charge < -0.3 is 15.0 Å². The molecule has 0 radical (unpaired) electrons. The van der Waals surface area contributed by atoms with E-state index in [1.165, 1.54) is 44.7 Å². The van der Waals surface area contributed by atoms with Crippen LogP contribution in [-0.2, 0) is 14.8 Å². The number of carbonyl (C=O) groups excluding carboxylic acids is 2. The van der Waals surface area contributed by atoms with Gasteiger partial charge in [-0.2, -0.15) is 0 Å². The molecule has 1 N–H and O–H groups in total. The summed E-state index contributed by atoms with van der Waals surface area (Å²) >= 11 is 1.38. The average Bonchev–Trinajstić information content (AvgIpc) is 3.28. The van der Waals surface area contributed by atoms with Crippen LogP contribution in [0.15, 0.2) is 40.6 Å². The molecule has 8 nitrogen and oxygen atoms in total. The number of likely N-dealkylation sites (tertiary alicyclic amines) is 1. The molecule has 1 fully saturated rings. The molecule has 30 heavy (non-hydrogen) atoms. The highest BCUT2D eigenvalue weighted by Crippen LogP contribution is 2.29. The first-order valence-electron chi connectivity index (χ1n) is 9.48. The van der Waals surface area contributed by atoms with Crippen molar-refractivity contribution < 1.29 is 22.7 Å². The maximum absolute atomic E-state index is 12.8. The first-order chi connectivity index (χ1) is 14.2. The molecule has 2 amide bonds. The van der Waals surface area contributed by atoms with E-state index < -0.39 is 10.0 Å².